The number of para-hydroxylation sites is 1. The lowest BCUT2D eigenvalue weighted by Crippen LogP contribution is -2.37. The average molecular weight is 341 g/mol. The van der Waals surface area contributed by atoms with Gasteiger partial charge in [0.25, 0.3) is 0 Å². The molecule has 2 N–H and O–H groups in total. The first-order chi connectivity index (χ1) is 12.1. The van der Waals surface area contributed by atoms with Gasteiger partial charge in [-0.25, -0.2) is 0 Å². The molecule has 2 rings (SSSR count). The Morgan fingerprint density at radius 3 is 2.24 bits per heavy atom. The van der Waals surface area contributed by atoms with Gasteiger partial charge in [-0.2, -0.15) is 0 Å². The number of carbonyl (C=O) groups is 2. The molecule has 0 aliphatic heterocycles. The third-order valence-corrected chi connectivity index (χ3v) is 3.74. The van der Waals surface area contributed by atoms with Crippen LogP contribution < -0.4 is 10.1 Å². The molecule has 25 heavy (non-hydrogen) atoms. The molecule has 0 spiro atoms. The molecule has 5 heteroatoms. The molecule has 2 aromatic rings. The van der Waals surface area contributed by atoms with Crippen LogP contribution in [0.1, 0.15) is 24.8 Å². The minimum absolute atomic E-state index is 0.0261. The van der Waals surface area contributed by atoms with Crippen molar-refractivity contribution in [3.63, 3.8) is 0 Å². The van der Waals surface area contributed by atoms with Crippen LogP contribution in [0.5, 0.6) is 5.75 Å². The highest BCUT2D eigenvalue weighted by atomic mass is 16.5. The van der Waals surface area contributed by atoms with Crippen molar-refractivity contribution in [3.05, 3.63) is 66.2 Å². The molecule has 0 bridgehead atoms. The minimum Gasteiger partial charge on any atom is -0.493 e. The number of aliphatic carboxylic acids is 1. The first kappa shape index (κ1) is 18.5. The predicted octanol–water partition coefficient (Wildman–Crippen LogP) is 3.05. The van der Waals surface area contributed by atoms with Crippen LogP contribution in [0.4, 0.5) is 0 Å². The normalized spacial score (nSPS) is 11.5. The Bertz CT molecular complexity index is 658. The Kier molecular flexibility index (Phi) is 7.50. The van der Waals surface area contributed by atoms with E-state index in [0.29, 0.717) is 12.8 Å². The van der Waals surface area contributed by atoms with Crippen molar-refractivity contribution in [2.45, 2.75) is 31.7 Å². The zero-order chi connectivity index (χ0) is 17.9. The van der Waals surface area contributed by atoms with Crippen molar-refractivity contribution in [1.29, 1.82) is 0 Å². The summed E-state index contributed by atoms with van der Waals surface area (Å²) in [7, 11) is 0. The Labute approximate surface area is 147 Å². The largest absolute Gasteiger partial charge is 0.493 e. The second-order valence-corrected chi connectivity index (χ2v) is 5.80. The second-order valence-electron chi connectivity index (χ2n) is 5.80. The summed E-state index contributed by atoms with van der Waals surface area (Å²) in [5, 5.41) is 11.8. The highest BCUT2D eigenvalue weighted by Crippen LogP contribution is 2.10. The molecule has 0 saturated carbocycles. The van der Waals surface area contributed by atoms with E-state index in [0.717, 1.165) is 11.3 Å². The fourth-order valence-electron chi connectivity index (χ4n) is 2.50. The van der Waals surface area contributed by atoms with Gasteiger partial charge in [0, 0.05) is 12.5 Å². The third kappa shape index (κ3) is 7.52. The van der Waals surface area contributed by atoms with E-state index in [2.05, 4.69) is 5.32 Å². The molecule has 5 nitrogen and oxygen atoms in total. The lowest BCUT2D eigenvalue weighted by molar-refractivity contribution is -0.137. The van der Waals surface area contributed by atoms with E-state index >= 15 is 0 Å². The van der Waals surface area contributed by atoms with Gasteiger partial charge < -0.3 is 15.2 Å². The number of amides is 1. The lowest BCUT2D eigenvalue weighted by Gasteiger charge is -2.18. The smallest absolute Gasteiger partial charge is 0.303 e. The molecule has 0 saturated heterocycles. The van der Waals surface area contributed by atoms with Gasteiger partial charge in [-0.15, -0.1) is 0 Å². The zero-order valence-corrected chi connectivity index (χ0v) is 14.1. The van der Waals surface area contributed by atoms with Crippen molar-refractivity contribution in [2.75, 3.05) is 6.61 Å². The fourth-order valence-corrected chi connectivity index (χ4v) is 2.50. The van der Waals surface area contributed by atoms with E-state index in [1.54, 1.807) is 0 Å². The van der Waals surface area contributed by atoms with Crippen LogP contribution in [0.2, 0.25) is 0 Å². The average Bonchev–Trinajstić information content (AvgIpc) is 2.61. The molecule has 1 amide bonds. The zero-order valence-electron chi connectivity index (χ0n) is 14.1. The van der Waals surface area contributed by atoms with Crippen LogP contribution in [0.15, 0.2) is 60.7 Å². The summed E-state index contributed by atoms with van der Waals surface area (Å²) < 4.78 is 5.52. The Morgan fingerprint density at radius 1 is 0.960 bits per heavy atom. The summed E-state index contributed by atoms with van der Waals surface area (Å²) in [6, 6.07) is 18.8. The Hall–Kier alpha value is -2.82. The molecule has 0 fully saturated rings. The maximum Gasteiger partial charge on any atom is 0.303 e. The molecular weight excluding hydrogens is 318 g/mol. The van der Waals surface area contributed by atoms with Crippen molar-refractivity contribution in [3.8, 4) is 5.75 Å². The summed E-state index contributed by atoms with van der Waals surface area (Å²) in [6.07, 6.45) is 1.26. The second kappa shape index (κ2) is 10.1. The van der Waals surface area contributed by atoms with Crippen LogP contribution >= 0.6 is 0 Å². The minimum atomic E-state index is -0.861. The third-order valence-electron chi connectivity index (χ3n) is 3.74. The number of hydrogen-bond acceptors (Lipinski definition) is 3. The maximum atomic E-state index is 12.1. The van der Waals surface area contributed by atoms with Crippen LogP contribution in [-0.4, -0.2) is 29.6 Å². The Morgan fingerprint density at radius 2 is 1.60 bits per heavy atom. The van der Waals surface area contributed by atoms with E-state index in [-0.39, 0.29) is 31.4 Å². The summed E-state index contributed by atoms with van der Waals surface area (Å²) in [5.41, 5.74) is 1.07. The number of carboxylic acids is 1. The number of carbonyl (C=O) groups excluding carboxylic acids is 1. The van der Waals surface area contributed by atoms with E-state index in [1.807, 2.05) is 60.7 Å². The van der Waals surface area contributed by atoms with Gasteiger partial charge in [0.15, 0.2) is 0 Å². The predicted molar refractivity (Wildman–Crippen MR) is 95.5 cm³/mol. The van der Waals surface area contributed by atoms with Crippen molar-refractivity contribution >= 4 is 11.9 Å². The number of ether oxygens (including phenoxy) is 1. The molecule has 0 aromatic heterocycles. The molecule has 0 radical (unpaired) electrons. The summed E-state index contributed by atoms with van der Waals surface area (Å²) in [5.74, 6) is -0.274. The Balaban J connectivity index is 1.82. The quantitative estimate of drug-likeness (QED) is 0.696. The van der Waals surface area contributed by atoms with Crippen molar-refractivity contribution in [2.24, 2.45) is 0 Å². The number of benzene rings is 2. The molecular formula is C20H23NO4. The van der Waals surface area contributed by atoms with Gasteiger partial charge in [-0.1, -0.05) is 48.5 Å². The van der Waals surface area contributed by atoms with Crippen molar-refractivity contribution < 1.29 is 19.4 Å². The highest BCUT2D eigenvalue weighted by Gasteiger charge is 2.15. The SMILES string of the molecule is O=C(O)CCC(Cc1ccccc1)NC(=O)CCOc1ccccc1. The maximum absolute atomic E-state index is 12.1. The summed E-state index contributed by atoms with van der Waals surface area (Å²) in [4.78, 5) is 23.0. The van der Waals surface area contributed by atoms with Crippen LogP contribution in [0, 0.1) is 0 Å². The molecule has 0 aliphatic carbocycles. The van der Waals surface area contributed by atoms with Gasteiger partial charge in [0.1, 0.15) is 5.75 Å². The van der Waals surface area contributed by atoms with E-state index < -0.39 is 5.97 Å². The van der Waals surface area contributed by atoms with Crippen LogP contribution in [-0.2, 0) is 16.0 Å². The van der Waals surface area contributed by atoms with Gasteiger partial charge in [-0.3, -0.25) is 9.59 Å². The standard InChI is InChI=1S/C20H23NO4/c22-19(13-14-25-18-9-5-2-6-10-18)21-17(11-12-20(23)24)15-16-7-3-1-4-8-16/h1-10,17H,11-15H2,(H,21,22)(H,23,24). The fraction of sp³-hybridized carbons (Fsp3) is 0.300. The molecule has 0 heterocycles. The molecule has 2 aromatic carbocycles. The van der Waals surface area contributed by atoms with Gasteiger partial charge >= 0.3 is 5.97 Å². The molecule has 1 unspecified atom stereocenters. The molecule has 0 aliphatic rings. The monoisotopic (exact) mass is 341 g/mol. The van der Waals surface area contributed by atoms with Gasteiger partial charge in [-0.05, 0) is 30.5 Å². The van der Waals surface area contributed by atoms with E-state index in [4.69, 9.17) is 9.84 Å². The number of rotatable bonds is 10. The lowest BCUT2D eigenvalue weighted by atomic mass is 10.0. The topological polar surface area (TPSA) is 75.6 Å². The summed E-state index contributed by atoms with van der Waals surface area (Å²) >= 11 is 0. The van der Waals surface area contributed by atoms with E-state index in [1.165, 1.54) is 0 Å². The molecule has 1 atom stereocenters. The van der Waals surface area contributed by atoms with Crippen LogP contribution in [0.3, 0.4) is 0 Å². The first-order valence-corrected chi connectivity index (χ1v) is 8.36. The number of carboxylic acid groups (broad SMARTS) is 1. The number of nitrogens with one attached hydrogen (secondary N) is 1. The van der Waals surface area contributed by atoms with Crippen LogP contribution in [0.25, 0.3) is 0 Å². The van der Waals surface area contributed by atoms with Crippen molar-refractivity contribution in [1.82, 2.24) is 5.32 Å². The van der Waals surface area contributed by atoms with Gasteiger partial charge in [0.2, 0.25) is 5.91 Å². The summed E-state index contributed by atoms with van der Waals surface area (Å²) in [6.45, 7) is 0.285. The van der Waals surface area contributed by atoms with E-state index in [9.17, 15) is 9.59 Å². The van der Waals surface area contributed by atoms with Gasteiger partial charge in [0.05, 0.1) is 13.0 Å². The molecule has 132 valence electrons. The number of hydrogen-bond donors (Lipinski definition) is 2. The highest BCUT2D eigenvalue weighted by molar-refractivity contribution is 5.76. The first-order valence-electron chi connectivity index (χ1n) is 8.36.